The van der Waals surface area contributed by atoms with Gasteiger partial charge >= 0.3 is 0 Å². The predicted molar refractivity (Wildman–Crippen MR) is 124 cm³/mol. The number of nitrogens with zero attached hydrogens (tertiary/aromatic N) is 3. The molecular formula is C23H27N5O4S. The number of H-pyrrole nitrogens is 1. The van der Waals surface area contributed by atoms with Crippen LogP contribution in [0.1, 0.15) is 30.6 Å². The maximum absolute atomic E-state index is 13.2. The topological polar surface area (TPSA) is 117 Å². The lowest BCUT2D eigenvalue weighted by atomic mass is 9.94. The number of aromatic nitrogens is 3. The van der Waals surface area contributed by atoms with Crippen LogP contribution in [0.2, 0.25) is 0 Å². The molecule has 0 saturated carbocycles. The fourth-order valence-corrected chi connectivity index (χ4v) is 5.84. The first-order chi connectivity index (χ1) is 15.8. The number of hydrogen-bond donors (Lipinski definition) is 2. The van der Waals surface area contributed by atoms with Crippen LogP contribution in [0.15, 0.2) is 53.4 Å². The van der Waals surface area contributed by atoms with E-state index < -0.39 is 15.9 Å². The molecule has 2 N–H and O–H groups in total. The number of aromatic amines is 1. The molecule has 2 aromatic carbocycles. The monoisotopic (exact) mass is 469 g/mol. The van der Waals surface area contributed by atoms with Gasteiger partial charge in [-0.3, -0.25) is 15.2 Å². The SMILES string of the molecule is COc1ccc(-c2nc(NC(=O)c3cccc(S(=O)(=O)N4C[C@H](C)C[C@@H](C)C4)c3)n[nH]2)cc1. The average molecular weight is 470 g/mol. The van der Waals surface area contributed by atoms with E-state index in [4.69, 9.17) is 4.74 Å². The Bertz CT molecular complexity index is 1230. The summed E-state index contributed by atoms with van der Waals surface area (Å²) >= 11 is 0. The number of amides is 1. The summed E-state index contributed by atoms with van der Waals surface area (Å²) in [6.07, 6.45) is 1.00. The summed E-state index contributed by atoms with van der Waals surface area (Å²) in [5.41, 5.74) is 0.992. The summed E-state index contributed by atoms with van der Waals surface area (Å²) in [5.74, 6) is 1.39. The maximum atomic E-state index is 13.2. The number of anilines is 1. The minimum atomic E-state index is -3.69. The number of methoxy groups -OCH3 is 1. The van der Waals surface area contributed by atoms with Gasteiger partial charge in [0.05, 0.1) is 12.0 Å². The summed E-state index contributed by atoms with van der Waals surface area (Å²) in [6.45, 7) is 5.07. The molecule has 4 rings (SSSR count). The standard InChI is InChI=1S/C23H27N5O4S/c1-15-11-16(2)14-28(13-15)33(30,31)20-6-4-5-18(12-20)22(29)25-23-24-21(26-27-23)17-7-9-19(32-3)10-8-17/h4-10,12,15-16H,11,13-14H2,1-3H3,(H2,24,25,26,27,29)/t15-,16-/m1/s1. The van der Waals surface area contributed by atoms with E-state index in [0.29, 0.717) is 30.7 Å². The smallest absolute Gasteiger partial charge is 0.258 e. The molecule has 1 aromatic heterocycles. The van der Waals surface area contributed by atoms with Crippen LogP contribution < -0.4 is 10.1 Å². The van der Waals surface area contributed by atoms with Crippen LogP contribution in [0.25, 0.3) is 11.4 Å². The van der Waals surface area contributed by atoms with Crippen molar-refractivity contribution in [2.24, 2.45) is 11.8 Å². The molecule has 174 valence electrons. The van der Waals surface area contributed by atoms with E-state index in [9.17, 15) is 13.2 Å². The Labute approximate surface area is 193 Å². The molecule has 3 aromatic rings. The molecule has 9 nitrogen and oxygen atoms in total. The van der Waals surface area contributed by atoms with Crippen molar-refractivity contribution in [2.45, 2.75) is 25.2 Å². The van der Waals surface area contributed by atoms with Gasteiger partial charge in [-0.25, -0.2) is 8.42 Å². The molecule has 1 aliphatic rings. The van der Waals surface area contributed by atoms with Gasteiger partial charge in [0.2, 0.25) is 16.0 Å². The fourth-order valence-electron chi connectivity index (χ4n) is 4.12. The Morgan fingerprint density at radius 3 is 2.48 bits per heavy atom. The predicted octanol–water partition coefficient (Wildman–Crippen LogP) is 3.40. The number of carbonyl (C=O) groups is 1. The zero-order chi connectivity index (χ0) is 23.6. The number of piperidine rings is 1. The fraction of sp³-hybridized carbons (Fsp3) is 0.348. The molecule has 10 heteroatoms. The van der Waals surface area contributed by atoms with Crippen molar-refractivity contribution in [3.8, 4) is 17.1 Å². The second-order valence-corrected chi connectivity index (χ2v) is 10.4. The molecule has 1 saturated heterocycles. The van der Waals surface area contributed by atoms with Gasteiger partial charge in [-0.15, -0.1) is 5.10 Å². The quantitative estimate of drug-likeness (QED) is 0.571. The maximum Gasteiger partial charge on any atom is 0.258 e. The van der Waals surface area contributed by atoms with Crippen LogP contribution in [-0.4, -0.2) is 54.0 Å². The molecule has 1 aliphatic heterocycles. The summed E-state index contributed by atoms with van der Waals surface area (Å²) in [6, 6.07) is 13.3. The van der Waals surface area contributed by atoms with E-state index in [0.717, 1.165) is 17.7 Å². The van der Waals surface area contributed by atoms with Crippen LogP contribution in [0, 0.1) is 11.8 Å². The van der Waals surface area contributed by atoms with Crippen LogP contribution in [0.3, 0.4) is 0 Å². The molecule has 2 atom stereocenters. The van der Waals surface area contributed by atoms with E-state index in [-0.39, 0.29) is 16.4 Å². The first-order valence-corrected chi connectivity index (χ1v) is 12.2. The van der Waals surface area contributed by atoms with Crippen LogP contribution >= 0.6 is 0 Å². The molecule has 0 spiro atoms. The van der Waals surface area contributed by atoms with E-state index in [2.05, 4.69) is 34.3 Å². The number of sulfonamides is 1. The van der Waals surface area contributed by atoms with Crippen molar-refractivity contribution < 1.29 is 17.9 Å². The van der Waals surface area contributed by atoms with E-state index in [1.807, 2.05) is 12.1 Å². The van der Waals surface area contributed by atoms with Gasteiger partial charge in [0.15, 0.2) is 5.82 Å². The summed E-state index contributed by atoms with van der Waals surface area (Å²) in [4.78, 5) is 17.2. The number of rotatable bonds is 6. The van der Waals surface area contributed by atoms with Gasteiger partial charge in [0, 0.05) is 24.2 Å². The van der Waals surface area contributed by atoms with Crippen molar-refractivity contribution in [3.05, 3.63) is 54.1 Å². The molecule has 1 amide bonds. The highest BCUT2D eigenvalue weighted by molar-refractivity contribution is 7.89. The number of nitrogens with one attached hydrogen (secondary N) is 2. The second kappa shape index (κ2) is 9.32. The summed E-state index contributed by atoms with van der Waals surface area (Å²) < 4.78 is 33.0. The van der Waals surface area contributed by atoms with Crippen LogP contribution in [-0.2, 0) is 10.0 Å². The van der Waals surface area contributed by atoms with Gasteiger partial charge < -0.3 is 4.74 Å². The molecule has 2 heterocycles. The van der Waals surface area contributed by atoms with Gasteiger partial charge in [-0.05, 0) is 60.7 Å². The van der Waals surface area contributed by atoms with Crippen molar-refractivity contribution in [1.29, 1.82) is 0 Å². The third-order valence-electron chi connectivity index (χ3n) is 5.64. The molecule has 0 unspecified atom stereocenters. The minimum absolute atomic E-state index is 0.0951. The minimum Gasteiger partial charge on any atom is -0.497 e. The highest BCUT2D eigenvalue weighted by atomic mass is 32.2. The van der Waals surface area contributed by atoms with Gasteiger partial charge in [0.1, 0.15) is 5.75 Å². The third-order valence-corrected chi connectivity index (χ3v) is 7.47. The lowest BCUT2D eigenvalue weighted by Gasteiger charge is -2.34. The normalized spacial score (nSPS) is 19.2. The first-order valence-electron chi connectivity index (χ1n) is 10.7. The Morgan fingerprint density at radius 2 is 1.82 bits per heavy atom. The van der Waals surface area contributed by atoms with Crippen molar-refractivity contribution in [1.82, 2.24) is 19.5 Å². The molecule has 0 aliphatic carbocycles. The lowest BCUT2D eigenvalue weighted by molar-refractivity contribution is 0.102. The summed E-state index contributed by atoms with van der Waals surface area (Å²) in [5, 5.41) is 9.44. The van der Waals surface area contributed by atoms with Gasteiger partial charge in [0.25, 0.3) is 5.91 Å². The zero-order valence-electron chi connectivity index (χ0n) is 18.8. The van der Waals surface area contributed by atoms with Crippen molar-refractivity contribution in [3.63, 3.8) is 0 Å². The largest absolute Gasteiger partial charge is 0.497 e. The number of benzene rings is 2. The molecule has 1 fully saturated rings. The highest BCUT2D eigenvalue weighted by Crippen LogP contribution is 2.27. The first kappa shape index (κ1) is 22.9. The number of ether oxygens (including phenoxy) is 1. The molecule has 0 radical (unpaired) electrons. The Balaban J connectivity index is 1.49. The van der Waals surface area contributed by atoms with Crippen LogP contribution in [0.5, 0.6) is 5.75 Å². The molecular weight excluding hydrogens is 442 g/mol. The van der Waals surface area contributed by atoms with Gasteiger partial charge in [-0.1, -0.05) is 19.9 Å². The zero-order valence-corrected chi connectivity index (χ0v) is 19.6. The number of carbonyl (C=O) groups excluding carboxylic acids is 1. The molecule has 0 bridgehead atoms. The van der Waals surface area contributed by atoms with E-state index >= 15 is 0 Å². The van der Waals surface area contributed by atoms with Crippen molar-refractivity contribution in [2.75, 3.05) is 25.5 Å². The Morgan fingerprint density at radius 1 is 1.12 bits per heavy atom. The second-order valence-electron chi connectivity index (χ2n) is 8.49. The number of hydrogen-bond acceptors (Lipinski definition) is 6. The van der Waals surface area contributed by atoms with Crippen LogP contribution in [0.4, 0.5) is 5.95 Å². The Kier molecular flexibility index (Phi) is 6.48. The lowest BCUT2D eigenvalue weighted by Crippen LogP contribution is -2.42. The van der Waals surface area contributed by atoms with Crippen molar-refractivity contribution >= 4 is 21.9 Å². The summed E-state index contributed by atoms with van der Waals surface area (Å²) in [7, 11) is -2.10. The molecule has 33 heavy (non-hydrogen) atoms. The third kappa shape index (κ3) is 5.07. The average Bonchev–Trinajstić information content (AvgIpc) is 3.27. The Hall–Kier alpha value is -3.24. The van der Waals surface area contributed by atoms with Gasteiger partial charge in [-0.2, -0.15) is 9.29 Å². The highest BCUT2D eigenvalue weighted by Gasteiger charge is 2.32. The van der Waals surface area contributed by atoms with E-state index in [1.54, 1.807) is 31.4 Å². The van der Waals surface area contributed by atoms with E-state index in [1.165, 1.54) is 16.4 Å².